The zero-order chi connectivity index (χ0) is 15.2. The largest absolute Gasteiger partial charge is 0.366 e. The van der Waals surface area contributed by atoms with Gasteiger partial charge < -0.3 is 4.90 Å². The van der Waals surface area contributed by atoms with Crippen LogP contribution in [-0.4, -0.2) is 6.54 Å². The normalized spacial score (nSPS) is 10.2. The number of nitrogens with zero attached hydrogens (tertiary/aromatic N) is 2. The van der Waals surface area contributed by atoms with E-state index < -0.39 is 11.6 Å². The molecule has 0 aromatic heterocycles. The van der Waals surface area contributed by atoms with Gasteiger partial charge in [0.05, 0.1) is 17.0 Å². The Morgan fingerprint density at radius 2 is 1.81 bits per heavy atom. The number of rotatable bonds is 5. The van der Waals surface area contributed by atoms with Gasteiger partial charge in [0.1, 0.15) is 11.6 Å². The summed E-state index contributed by atoms with van der Waals surface area (Å²) in [6, 6.07) is 13.9. The van der Waals surface area contributed by atoms with Crippen molar-refractivity contribution in [3.8, 4) is 6.07 Å². The van der Waals surface area contributed by atoms with E-state index in [2.05, 4.69) is 22.0 Å². The van der Waals surface area contributed by atoms with Gasteiger partial charge in [0.15, 0.2) is 0 Å². The maximum atomic E-state index is 14.1. The highest BCUT2D eigenvalue weighted by Gasteiger charge is 2.16. The van der Waals surface area contributed by atoms with Crippen LogP contribution in [0.15, 0.2) is 46.9 Å². The van der Waals surface area contributed by atoms with E-state index in [1.165, 1.54) is 12.1 Å². The zero-order valence-electron chi connectivity index (χ0n) is 11.2. The van der Waals surface area contributed by atoms with Crippen LogP contribution >= 0.6 is 15.9 Å². The van der Waals surface area contributed by atoms with E-state index in [1.807, 2.05) is 30.3 Å². The molecule has 108 valence electrons. The van der Waals surface area contributed by atoms with Crippen molar-refractivity contribution in [2.24, 2.45) is 0 Å². The van der Waals surface area contributed by atoms with E-state index in [0.29, 0.717) is 6.54 Å². The molecule has 0 radical (unpaired) electrons. The molecule has 0 aliphatic carbocycles. The average molecular weight is 351 g/mol. The molecule has 0 aliphatic rings. The van der Waals surface area contributed by atoms with E-state index >= 15 is 0 Å². The highest BCUT2D eigenvalue weighted by atomic mass is 79.9. The van der Waals surface area contributed by atoms with E-state index in [0.717, 1.165) is 5.69 Å². The first-order valence-corrected chi connectivity index (χ1v) is 7.22. The second-order valence-electron chi connectivity index (χ2n) is 4.49. The van der Waals surface area contributed by atoms with Crippen LogP contribution in [0.3, 0.4) is 0 Å². The molecule has 0 amide bonds. The van der Waals surface area contributed by atoms with Crippen LogP contribution in [0.2, 0.25) is 0 Å². The summed E-state index contributed by atoms with van der Waals surface area (Å²) in [6.45, 7) is 0.481. The maximum Gasteiger partial charge on any atom is 0.145 e. The minimum atomic E-state index is -0.604. The molecule has 0 spiro atoms. The highest BCUT2D eigenvalue weighted by Crippen LogP contribution is 2.25. The second-order valence-corrected chi connectivity index (χ2v) is 5.34. The Labute approximate surface area is 130 Å². The number of hydrogen-bond acceptors (Lipinski definition) is 2. The summed E-state index contributed by atoms with van der Waals surface area (Å²) in [5.74, 6) is -1.19. The topological polar surface area (TPSA) is 27.0 Å². The predicted molar refractivity (Wildman–Crippen MR) is 81.8 cm³/mol. The van der Waals surface area contributed by atoms with Crippen LogP contribution in [-0.2, 0) is 6.54 Å². The van der Waals surface area contributed by atoms with Crippen molar-refractivity contribution >= 4 is 21.6 Å². The summed E-state index contributed by atoms with van der Waals surface area (Å²) in [7, 11) is 0. The Kier molecular flexibility index (Phi) is 5.29. The smallest absolute Gasteiger partial charge is 0.145 e. The summed E-state index contributed by atoms with van der Waals surface area (Å²) in [5.41, 5.74) is 0.817. The third-order valence-electron chi connectivity index (χ3n) is 3.10. The van der Waals surface area contributed by atoms with Crippen LogP contribution in [0.25, 0.3) is 0 Å². The monoisotopic (exact) mass is 350 g/mol. The molecule has 2 aromatic carbocycles. The molecule has 2 rings (SSSR count). The van der Waals surface area contributed by atoms with Crippen LogP contribution in [0, 0.1) is 23.0 Å². The number of benzene rings is 2. The summed E-state index contributed by atoms with van der Waals surface area (Å²) in [6.07, 6.45) is 0.284. The Balaban J connectivity index is 2.32. The number of anilines is 1. The van der Waals surface area contributed by atoms with Gasteiger partial charge in [-0.05, 0) is 40.2 Å². The summed E-state index contributed by atoms with van der Waals surface area (Å²) >= 11 is 3.07. The lowest BCUT2D eigenvalue weighted by atomic mass is 10.1. The Morgan fingerprint density at radius 1 is 1.10 bits per heavy atom. The quantitative estimate of drug-likeness (QED) is 0.734. The number of para-hydroxylation sites is 1. The first-order valence-electron chi connectivity index (χ1n) is 6.43. The van der Waals surface area contributed by atoms with Crippen LogP contribution < -0.4 is 4.90 Å². The Hall–Kier alpha value is -1.93. The molecule has 2 aromatic rings. The van der Waals surface area contributed by atoms with E-state index in [1.54, 1.807) is 4.90 Å². The van der Waals surface area contributed by atoms with Gasteiger partial charge in [-0.25, -0.2) is 8.78 Å². The number of hydrogen-bond donors (Lipinski definition) is 0. The first kappa shape index (κ1) is 15.5. The molecule has 0 bridgehead atoms. The Morgan fingerprint density at radius 3 is 2.48 bits per heavy atom. The van der Waals surface area contributed by atoms with Gasteiger partial charge in [-0.1, -0.05) is 18.2 Å². The van der Waals surface area contributed by atoms with Crippen LogP contribution in [0.5, 0.6) is 0 Å². The number of halogens is 3. The molecule has 0 unspecified atom stereocenters. The fourth-order valence-corrected chi connectivity index (χ4v) is 2.40. The third-order valence-corrected chi connectivity index (χ3v) is 3.72. The van der Waals surface area contributed by atoms with Crippen molar-refractivity contribution in [2.45, 2.75) is 13.0 Å². The van der Waals surface area contributed by atoms with Gasteiger partial charge in [0, 0.05) is 24.3 Å². The van der Waals surface area contributed by atoms with Gasteiger partial charge in [-0.15, -0.1) is 0 Å². The van der Waals surface area contributed by atoms with Gasteiger partial charge >= 0.3 is 0 Å². The van der Waals surface area contributed by atoms with Crippen molar-refractivity contribution in [3.05, 3.63) is 64.1 Å². The molecule has 0 aliphatic heterocycles. The molecule has 21 heavy (non-hydrogen) atoms. The lowest BCUT2D eigenvalue weighted by molar-refractivity contribution is 0.546. The summed E-state index contributed by atoms with van der Waals surface area (Å²) < 4.78 is 28.2. The van der Waals surface area contributed by atoms with Crippen molar-refractivity contribution < 1.29 is 8.78 Å². The van der Waals surface area contributed by atoms with Crippen molar-refractivity contribution in [2.75, 3.05) is 11.4 Å². The van der Waals surface area contributed by atoms with E-state index in [-0.39, 0.29) is 23.0 Å². The molecular formula is C16H13BrF2N2. The highest BCUT2D eigenvalue weighted by molar-refractivity contribution is 9.10. The first-order chi connectivity index (χ1) is 10.1. The standard InChI is InChI=1S/C16H13BrF2N2/c17-14-7-8-15(18)13(16(14)19)11-21(10-4-9-20)12-5-2-1-3-6-12/h1-3,5-8H,4,10-11H2. The third kappa shape index (κ3) is 3.79. The predicted octanol–water partition coefficient (Wildman–Crippen LogP) is 4.65. The second kappa shape index (κ2) is 7.19. The minimum absolute atomic E-state index is 0.00818. The molecule has 0 heterocycles. The number of nitriles is 1. The SMILES string of the molecule is N#CCCN(Cc1c(F)ccc(Br)c1F)c1ccccc1. The molecule has 0 atom stereocenters. The molecule has 0 saturated heterocycles. The van der Waals surface area contributed by atoms with Gasteiger partial charge in [0.25, 0.3) is 0 Å². The van der Waals surface area contributed by atoms with Crippen molar-refractivity contribution in [1.29, 1.82) is 5.26 Å². The summed E-state index contributed by atoms with van der Waals surface area (Å²) in [5, 5.41) is 8.75. The van der Waals surface area contributed by atoms with Crippen LogP contribution in [0.1, 0.15) is 12.0 Å². The lowest BCUT2D eigenvalue weighted by Crippen LogP contribution is -2.25. The fourth-order valence-electron chi connectivity index (χ4n) is 2.03. The fraction of sp³-hybridized carbons (Fsp3) is 0.188. The van der Waals surface area contributed by atoms with Crippen LogP contribution in [0.4, 0.5) is 14.5 Å². The molecule has 0 N–H and O–H groups in total. The Bertz CT molecular complexity index is 653. The zero-order valence-corrected chi connectivity index (χ0v) is 12.8. The van der Waals surface area contributed by atoms with E-state index in [9.17, 15) is 8.78 Å². The van der Waals surface area contributed by atoms with Crippen molar-refractivity contribution in [1.82, 2.24) is 0 Å². The molecular weight excluding hydrogens is 338 g/mol. The minimum Gasteiger partial charge on any atom is -0.366 e. The lowest BCUT2D eigenvalue weighted by Gasteiger charge is -2.24. The van der Waals surface area contributed by atoms with Gasteiger partial charge in [-0.2, -0.15) is 5.26 Å². The van der Waals surface area contributed by atoms with Gasteiger partial charge in [0.2, 0.25) is 0 Å². The van der Waals surface area contributed by atoms with Crippen molar-refractivity contribution in [3.63, 3.8) is 0 Å². The molecule has 0 fully saturated rings. The maximum absolute atomic E-state index is 14.1. The van der Waals surface area contributed by atoms with Gasteiger partial charge in [-0.3, -0.25) is 0 Å². The molecule has 2 nitrogen and oxygen atoms in total. The summed E-state index contributed by atoms with van der Waals surface area (Å²) in [4.78, 5) is 1.79. The molecule has 0 saturated carbocycles. The average Bonchev–Trinajstić information content (AvgIpc) is 2.51. The van der Waals surface area contributed by atoms with E-state index in [4.69, 9.17) is 5.26 Å². The molecule has 5 heteroatoms.